The average Bonchev–Trinajstić information content (AvgIpc) is 2.66. The summed E-state index contributed by atoms with van der Waals surface area (Å²) in [6.45, 7) is 0.382. The first-order valence-corrected chi connectivity index (χ1v) is 8.76. The van der Waals surface area contributed by atoms with Gasteiger partial charge in [0.1, 0.15) is 5.82 Å². The Kier molecular flexibility index (Phi) is 5.94. The molecule has 27 heavy (non-hydrogen) atoms. The van der Waals surface area contributed by atoms with Crippen LogP contribution in [-0.2, 0) is 4.79 Å². The highest BCUT2D eigenvalue weighted by Crippen LogP contribution is 2.19. The smallest absolute Gasteiger partial charge is 0.244 e. The number of hydrogen-bond acceptors (Lipinski definition) is 3. The fraction of sp³-hybridized carbons (Fsp3) is 0.182. The van der Waals surface area contributed by atoms with Crippen molar-refractivity contribution in [3.63, 3.8) is 0 Å². The lowest BCUT2D eigenvalue weighted by Crippen LogP contribution is -2.33. The summed E-state index contributed by atoms with van der Waals surface area (Å²) >= 11 is 0. The molecule has 1 unspecified atom stereocenters. The lowest BCUT2D eigenvalue weighted by molar-refractivity contribution is -0.116. The highest BCUT2D eigenvalue weighted by Gasteiger charge is 2.15. The zero-order valence-corrected chi connectivity index (χ0v) is 15.4. The topological polar surface area (TPSA) is 45.2 Å². The molecule has 1 aromatic heterocycles. The van der Waals surface area contributed by atoms with Gasteiger partial charge in [0.05, 0.1) is 11.6 Å². The number of pyridine rings is 1. The van der Waals surface area contributed by atoms with Gasteiger partial charge in [0.25, 0.3) is 0 Å². The number of hydrogen-bond donors (Lipinski definition) is 1. The number of para-hydroxylation sites is 1. The maximum atomic E-state index is 13.5. The second-order valence-electron chi connectivity index (χ2n) is 6.54. The van der Waals surface area contributed by atoms with Gasteiger partial charge < -0.3 is 10.2 Å². The molecule has 0 radical (unpaired) electrons. The summed E-state index contributed by atoms with van der Waals surface area (Å²) in [5.41, 5.74) is 2.56. The zero-order chi connectivity index (χ0) is 19.2. The number of carbonyl (C=O) groups excluding carboxylic acids is 1. The molecule has 3 aromatic rings. The number of rotatable bonds is 6. The monoisotopic (exact) mass is 363 g/mol. The van der Waals surface area contributed by atoms with Crippen LogP contribution in [0.3, 0.4) is 0 Å². The number of nitrogens with one attached hydrogen (secondary N) is 1. The van der Waals surface area contributed by atoms with E-state index in [4.69, 9.17) is 0 Å². The van der Waals surface area contributed by atoms with Gasteiger partial charge >= 0.3 is 0 Å². The highest BCUT2D eigenvalue weighted by molar-refractivity contribution is 5.95. The Morgan fingerprint density at radius 1 is 1.19 bits per heavy atom. The largest absolute Gasteiger partial charge is 0.351 e. The minimum atomic E-state index is -0.283. The third-order valence-corrected chi connectivity index (χ3v) is 4.40. The Hall–Kier alpha value is -3.05. The van der Waals surface area contributed by atoms with E-state index in [0.717, 1.165) is 22.0 Å². The molecule has 1 amide bonds. The summed E-state index contributed by atoms with van der Waals surface area (Å²) in [6, 6.07) is 16.1. The van der Waals surface area contributed by atoms with Gasteiger partial charge in [0, 0.05) is 29.8 Å². The number of halogens is 1. The van der Waals surface area contributed by atoms with Crippen molar-refractivity contribution < 1.29 is 9.18 Å². The van der Waals surface area contributed by atoms with E-state index in [-0.39, 0.29) is 17.8 Å². The van der Waals surface area contributed by atoms with Gasteiger partial charge in [-0.2, -0.15) is 0 Å². The number of likely N-dealkylation sites (N-methyl/N-ethyl adjacent to an activating group) is 1. The van der Waals surface area contributed by atoms with Crippen LogP contribution < -0.4 is 5.32 Å². The van der Waals surface area contributed by atoms with E-state index in [2.05, 4.69) is 10.3 Å². The number of aromatic nitrogens is 1. The van der Waals surface area contributed by atoms with Gasteiger partial charge in [-0.05, 0) is 43.9 Å². The Morgan fingerprint density at radius 3 is 2.74 bits per heavy atom. The Labute approximate surface area is 158 Å². The standard InChI is InChI=1S/C22H22FN3O/c1-26(2)20(18-8-4-10-19(23)14-18)15-25-21(27)12-11-17-7-3-6-16-9-5-13-24-22(16)17/h3-14,20H,15H2,1-2H3,(H,25,27)/b12-11+. The normalized spacial score (nSPS) is 12.6. The Bertz CT molecular complexity index is 963. The van der Waals surface area contributed by atoms with Gasteiger partial charge in [-0.3, -0.25) is 9.78 Å². The van der Waals surface area contributed by atoms with Crippen LogP contribution in [0, 0.1) is 5.82 Å². The fourth-order valence-electron chi connectivity index (χ4n) is 3.00. The minimum Gasteiger partial charge on any atom is -0.351 e. The number of benzene rings is 2. The number of fused-ring (bicyclic) bond motifs is 1. The summed E-state index contributed by atoms with van der Waals surface area (Å²) < 4.78 is 13.5. The molecular formula is C22H22FN3O. The number of nitrogens with zero attached hydrogens (tertiary/aromatic N) is 2. The van der Waals surface area contributed by atoms with E-state index in [1.165, 1.54) is 18.2 Å². The van der Waals surface area contributed by atoms with Crippen LogP contribution in [0.15, 0.2) is 66.9 Å². The molecule has 0 aliphatic carbocycles. The summed E-state index contributed by atoms with van der Waals surface area (Å²) in [6.07, 6.45) is 5.00. The Balaban J connectivity index is 1.68. The molecule has 0 aliphatic heterocycles. The van der Waals surface area contributed by atoms with Gasteiger partial charge in [0.15, 0.2) is 0 Å². The molecular weight excluding hydrogens is 341 g/mol. The second-order valence-corrected chi connectivity index (χ2v) is 6.54. The van der Waals surface area contributed by atoms with Gasteiger partial charge in [-0.15, -0.1) is 0 Å². The lowest BCUT2D eigenvalue weighted by atomic mass is 10.1. The molecule has 3 rings (SSSR count). The molecule has 5 heteroatoms. The van der Waals surface area contributed by atoms with Crippen LogP contribution >= 0.6 is 0 Å². The molecule has 0 saturated carbocycles. The maximum Gasteiger partial charge on any atom is 0.244 e. The Morgan fingerprint density at radius 2 is 1.96 bits per heavy atom. The van der Waals surface area contributed by atoms with Crippen LogP contribution in [0.2, 0.25) is 0 Å². The van der Waals surface area contributed by atoms with E-state index in [0.29, 0.717) is 6.54 Å². The van der Waals surface area contributed by atoms with Crippen molar-refractivity contribution in [3.8, 4) is 0 Å². The third kappa shape index (κ3) is 4.77. The van der Waals surface area contributed by atoms with Crippen LogP contribution in [0.1, 0.15) is 17.2 Å². The lowest BCUT2D eigenvalue weighted by Gasteiger charge is -2.24. The first-order valence-electron chi connectivity index (χ1n) is 8.76. The first-order chi connectivity index (χ1) is 13.0. The van der Waals surface area contributed by atoms with Gasteiger partial charge in [-0.25, -0.2) is 4.39 Å². The minimum absolute atomic E-state index is 0.114. The average molecular weight is 363 g/mol. The molecule has 1 N–H and O–H groups in total. The summed E-state index contributed by atoms with van der Waals surface area (Å²) in [4.78, 5) is 18.6. The predicted octanol–water partition coefficient (Wildman–Crippen LogP) is 3.81. The van der Waals surface area contributed by atoms with Crippen LogP contribution in [0.4, 0.5) is 4.39 Å². The molecule has 1 heterocycles. The predicted molar refractivity (Wildman–Crippen MR) is 107 cm³/mol. The summed E-state index contributed by atoms with van der Waals surface area (Å²) in [7, 11) is 3.80. The van der Waals surface area contributed by atoms with Crippen molar-refractivity contribution in [2.45, 2.75) is 6.04 Å². The van der Waals surface area contributed by atoms with E-state index in [1.807, 2.05) is 55.4 Å². The highest BCUT2D eigenvalue weighted by atomic mass is 19.1. The van der Waals surface area contributed by atoms with E-state index in [1.54, 1.807) is 18.3 Å². The summed E-state index contributed by atoms with van der Waals surface area (Å²) in [5.74, 6) is -0.486. The van der Waals surface area contributed by atoms with Crippen molar-refractivity contribution >= 4 is 22.9 Å². The molecule has 0 spiro atoms. The molecule has 0 saturated heterocycles. The molecule has 0 aliphatic rings. The van der Waals surface area contributed by atoms with E-state index >= 15 is 0 Å². The van der Waals surface area contributed by atoms with Gasteiger partial charge in [0.2, 0.25) is 5.91 Å². The SMILES string of the molecule is CN(C)C(CNC(=O)/C=C/c1cccc2cccnc12)c1cccc(F)c1. The van der Waals surface area contributed by atoms with Crippen LogP contribution in [0.25, 0.3) is 17.0 Å². The van der Waals surface area contributed by atoms with Crippen molar-refractivity contribution in [2.75, 3.05) is 20.6 Å². The second kappa shape index (κ2) is 8.56. The molecule has 0 fully saturated rings. The van der Waals surface area contributed by atoms with Crippen LogP contribution in [0.5, 0.6) is 0 Å². The fourth-order valence-corrected chi connectivity index (χ4v) is 3.00. The summed E-state index contributed by atoms with van der Waals surface area (Å²) in [5, 5.41) is 3.92. The first kappa shape index (κ1) is 18.7. The third-order valence-electron chi connectivity index (χ3n) is 4.40. The van der Waals surface area contributed by atoms with Gasteiger partial charge in [-0.1, -0.05) is 36.4 Å². The van der Waals surface area contributed by atoms with Crippen molar-refractivity contribution in [1.29, 1.82) is 0 Å². The quantitative estimate of drug-likeness (QED) is 0.678. The molecule has 2 aromatic carbocycles. The van der Waals surface area contributed by atoms with Crippen LogP contribution in [-0.4, -0.2) is 36.4 Å². The zero-order valence-electron chi connectivity index (χ0n) is 15.4. The van der Waals surface area contributed by atoms with E-state index in [9.17, 15) is 9.18 Å². The van der Waals surface area contributed by atoms with E-state index < -0.39 is 0 Å². The van der Waals surface area contributed by atoms with Crippen molar-refractivity contribution in [3.05, 3.63) is 83.8 Å². The molecule has 0 bridgehead atoms. The molecule has 4 nitrogen and oxygen atoms in total. The van der Waals surface area contributed by atoms with Crippen molar-refractivity contribution in [1.82, 2.24) is 15.2 Å². The number of carbonyl (C=O) groups is 1. The van der Waals surface area contributed by atoms with Crippen molar-refractivity contribution in [2.24, 2.45) is 0 Å². The molecule has 138 valence electrons. The maximum absolute atomic E-state index is 13.5. The molecule has 1 atom stereocenters. The number of amides is 1.